The van der Waals surface area contributed by atoms with Crippen LogP contribution in [0.15, 0.2) is 42.7 Å². The van der Waals surface area contributed by atoms with Crippen LogP contribution in [-0.4, -0.2) is 27.0 Å². The molecular weight excluding hydrogens is 262 g/mol. The van der Waals surface area contributed by atoms with E-state index in [1.54, 1.807) is 0 Å². The molecule has 2 aromatic heterocycles. The van der Waals surface area contributed by atoms with Crippen LogP contribution in [0.3, 0.4) is 0 Å². The molecule has 108 valence electrons. The summed E-state index contributed by atoms with van der Waals surface area (Å²) in [7, 11) is 1.96. The lowest BCUT2D eigenvalue weighted by Gasteiger charge is -2.18. The van der Waals surface area contributed by atoms with Crippen LogP contribution in [0.1, 0.15) is 30.6 Å². The molecule has 0 aliphatic rings. The molecule has 1 N–H and O–H groups in total. The Morgan fingerprint density at radius 2 is 2.19 bits per heavy atom. The molecule has 0 aliphatic heterocycles. The van der Waals surface area contributed by atoms with Crippen molar-refractivity contribution in [3.63, 3.8) is 0 Å². The van der Waals surface area contributed by atoms with E-state index in [2.05, 4.69) is 51.8 Å². The van der Waals surface area contributed by atoms with Crippen LogP contribution < -0.4 is 5.32 Å². The first kappa shape index (κ1) is 13.7. The molecule has 0 spiro atoms. The fourth-order valence-electron chi connectivity index (χ4n) is 2.63. The summed E-state index contributed by atoms with van der Waals surface area (Å²) in [5.41, 5.74) is 3.29. The Kier molecular flexibility index (Phi) is 3.92. The van der Waals surface area contributed by atoms with Crippen molar-refractivity contribution in [1.29, 1.82) is 0 Å². The van der Waals surface area contributed by atoms with Crippen LogP contribution in [0.2, 0.25) is 0 Å². The minimum Gasteiger partial charge on any atom is -0.308 e. The maximum atomic E-state index is 4.37. The van der Waals surface area contributed by atoms with E-state index in [1.165, 1.54) is 5.56 Å². The van der Waals surface area contributed by atoms with E-state index in [1.807, 2.05) is 30.2 Å². The molecule has 0 saturated heterocycles. The predicted molar refractivity (Wildman–Crippen MR) is 83.0 cm³/mol. The van der Waals surface area contributed by atoms with E-state index in [-0.39, 0.29) is 6.04 Å². The first-order valence-corrected chi connectivity index (χ1v) is 7.24. The SMILES string of the molecule is CCCn1nncc1C(NC)c1ccc2ncccc2c1. The molecule has 0 amide bonds. The van der Waals surface area contributed by atoms with Gasteiger partial charge in [0.25, 0.3) is 0 Å². The Morgan fingerprint density at radius 1 is 1.29 bits per heavy atom. The molecule has 1 atom stereocenters. The molecule has 0 bridgehead atoms. The van der Waals surface area contributed by atoms with E-state index in [4.69, 9.17) is 0 Å². The molecule has 0 aliphatic carbocycles. The minimum atomic E-state index is 0.0798. The van der Waals surface area contributed by atoms with Crippen molar-refractivity contribution >= 4 is 10.9 Å². The van der Waals surface area contributed by atoms with E-state index in [9.17, 15) is 0 Å². The van der Waals surface area contributed by atoms with Gasteiger partial charge in [-0.15, -0.1) is 5.10 Å². The van der Waals surface area contributed by atoms with Crippen molar-refractivity contribution in [2.75, 3.05) is 7.05 Å². The number of benzene rings is 1. The second kappa shape index (κ2) is 6.01. The lowest BCUT2D eigenvalue weighted by molar-refractivity contribution is 0.523. The second-order valence-corrected chi connectivity index (χ2v) is 5.06. The van der Waals surface area contributed by atoms with Gasteiger partial charge in [-0.05, 0) is 37.2 Å². The van der Waals surface area contributed by atoms with Gasteiger partial charge in [0.2, 0.25) is 0 Å². The maximum Gasteiger partial charge on any atom is 0.0801 e. The lowest BCUT2D eigenvalue weighted by Crippen LogP contribution is -2.21. The highest BCUT2D eigenvalue weighted by Crippen LogP contribution is 2.24. The van der Waals surface area contributed by atoms with Crippen LogP contribution in [0, 0.1) is 0 Å². The molecule has 5 heteroatoms. The first-order valence-electron chi connectivity index (χ1n) is 7.24. The number of pyridine rings is 1. The average Bonchev–Trinajstić information content (AvgIpc) is 2.97. The Balaban J connectivity index is 2.03. The van der Waals surface area contributed by atoms with Crippen molar-refractivity contribution in [3.05, 3.63) is 54.0 Å². The standard InChI is InChI=1S/C16H19N5/c1-3-9-21-15(11-19-20-21)16(17-2)13-6-7-14-12(10-13)5-4-8-18-14/h4-8,10-11,16-17H,3,9H2,1-2H3. The van der Waals surface area contributed by atoms with Crippen LogP contribution in [0.4, 0.5) is 0 Å². The van der Waals surface area contributed by atoms with Crippen molar-refractivity contribution in [2.45, 2.75) is 25.9 Å². The van der Waals surface area contributed by atoms with Gasteiger partial charge in [-0.1, -0.05) is 24.3 Å². The smallest absolute Gasteiger partial charge is 0.0801 e. The van der Waals surface area contributed by atoms with Crippen molar-refractivity contribution in [2.24, 2.45) is 0 Å². The molecule has 0 fully saturated rings. The zero-order valence-corrected chi connectivity index (χ0v) is 12.3. The first-order chi connectivity index (χ1) is 10.3. The fourth-order valence-corrected chi connectivity index (χ4v) is 2.63. The van der Waals surface area contributed by atoms with Gasteiger partial charge in [0, 0.05) is 18.1 Å². The molecular formula is C16H19N5. The molecule has 0 radical (unpaired) electrons. The molecule has 3 rings (SSSR count). The predicted octanol–water partition coefficient (Wildman–Crippen LogP) is 2.55. The number of rotatable bonds is 5. The van der Waals surface area contributed by atoms with Gasteiger partial charge in [0.15, 0.2) is 0 Å². The summed E-state index contributed by atoms with van der Waals surface area (Å²) in [5, 5.41) is 12.7. The Labute approximate surface area is 124 Å². The maximum absolute atomic E-state index is 4.37. The molecule has 1 unspecified atom stereocenters. The van der Waals surface area contributed by atoms with Crippen LogP contribution in [0.25, 0.3) is 10.9 Å². The summed E-state index contributed by atoms with van der Waals surface area (Å²) in [6.07, 6.45) is 4.69. The highest BCUT2D eigenvalue weighted by atomic mass is 15.4. The summed E-state index contributed by atoms with van der Waals surface area (Å²) in [4.78, 5) is 4.37. The third-order valence-electron chi connectivity index (χ3n) is 3.63. The van der Waals surface area contributed by atoms with Crippen LogP contribution >= 0.6 is 0 Å². The number of fused-ring (bicyclic) bond motifs is 1. The van der Waals surface area contributed by atoms with Gasteiger partial charge in [0.05, 0.1) is 23.4 Å². The van der Waals surface area contributed by atoms with E-state index >= 15 is 0 Å². The average molecular weight is 281 g/mol. The number of aryl methyl sites for hydroxylation is 1. The van der Waals surface area contributed by atoms with E-state index in [0.29, 0.717) is 0 Å². The van der Waals surface area contributed by atoms with Gasteiger partial charge < -0.3 is 5.32 Å². The Morgan fingerprint density at radius 3 is 3.00 bits per heavy atom. The summed E-state index contributed by atoms with van der Waals surface area (Å²) in [6.45, 7) is 3.02. The molecule has 5 nitrogen and oxygen atoms in total. The zero-order valence-electron chi connectivity index (χ0n) is 12.3. The Hall–Kier alpha value is -2.27. The summed E-state index contributed by atoms with van der Waals surface area (Å²) in [6, 6.07) is 10.5. The largest absolute Gasteiger partial charge is 0.308 e. The lowest BCUT2D eigenvalue weighted by atomic mass is 10.0. The quantitative estimate of drug-likeness (QED) is 0.781. The van der Waals surface area contributed by atoms with Gasteiger partial charge in [-0.25, -0.2) is 4.68 Å². The molecule has 0 saturated carbocycles. The minimum absolute atomic E-state index is 0.0798. The third kappa shape index (κ3) is 2.64. The van der Waals surface area contributed by atoms with E-state index in [0.717, 1.165) is 29.6 Å². The number of hydrogen-bond acceptors (Lipinski definition) is 4. The van der Waals surface area contributed by atoms with Crippen LogP contribution in [-0.2, 0) is 6.54 Å². The van der Waals surface area contributed by atoms with E-state index < -0.39 is 0 Å². The summed E-state index contributed by atoms with van der Waals surface area (Å²) >= 11 is 0. The highest BCUT2D eigenvalue weighted by Gasteiger charge is 2.17. The highest BCUT2D eigenvalue weighted by molar-refractivity contribution is 5.79. The zero-order chi connectivity index (χ0) is 14.7. The van der Waals surface area contributed by atoms with Crippen LogP contribution in [0.5, 0.6) is 0 Å². The third-order valence-corrected chi connectivity index (χ3v) is 3.63. The monoisotopic (exact) mass is 281 g/mol. The van der Waals surface area contributed by atoms with Gasteiger partial charge >= 0.3 is 0 Å². The van der Waals surface area contributed by atoms with Crippen molar-refractivity contribution < 1.29 is 0 Å². The second-order valence-electron chi connectivity index (χ2n) is 5.06. The van der Waals surface area contributed by atoms with Gasteiger partial charge in [-0.2, -0.15) is 0 Å². The number of aromatic nitrogens is 4. The molecule has 1 aromatic carbocycles. The molecule has 21 heavy (non-hydrogen) atoms. The number of nitrogens with one attached hydrogen (secondary N) is 1. The Bertz CT molecular complexity index is 734. The normalized spacial score (nSPS) is 12.7. The summed E-state index contributed by atoms with van der Waals surface area (Å²) < 4.78 is 1.97. The topological polar surface area (TPSA) is 55.6 Å². The van der Waals surface area contributed by atoms with Crippen molar-refractivity contribution in [3.8, 4) is 0 Å². The van der Waals surface area contributed by atoms with Gasteiger partial charge in [0.1, 0.15) is 0 Å². The van der Waals surface area contributed by atoms with Crippen molar-refractivity contribution in [1.82, 2.24) is 25.3 Å². The fraction of sp³-hybridized carbons (Fsp3) is 0.312. The molecule has 2 heterocycles. The number of nitrogens with zero attached hydrogens (tertiary/aromatic N) is 4. The summed E-state index contributed by atoms with van der Waals surface area (Å²) in [5.74, 6) is 0. The molecule has 3 aromatic rings. The van der Waals surface area contributed by atoms with Gasteiger partial charge in [-0.3, -0.25) is 4.98 Å². The number of hydrogen-bond donors (Lipinski definition) is 1.